The summed E-state index contributed by atoms with van der Waals surface area (Å²) >= 11 is 0. The quantitative estimate of drug-likeness (QED) is 0.727. The van der Waals surface area contributed by atoms with E-state index in [-0.39, 0.29) is 16.7 Å². The summed E-state index contributed by atoms with van der Waals surface area (Å²) in [5.41, 5.74) is 1.27. The molecule has 0 atom stereocenters. The fourth-order valence-electron chi connectivity index (χ4n) is 3.14. The molecule has 3 aromatic rings. The number of nitrogens with one attached hydrogen (secondary N) is 1. The molecule has 0 bridgehead atoms. The van der Waals surface area contributed by atoms with Crippen molar-refractivity contribution >= 4 is 22.5 Å². The Morgan fingerprint density at radius 1 is 1.11 bits per heavy atom. The van der Waals surface area contributed by atoms with Gasteiger partial charge in [-0.2, -0.15) is 0 Å². The number of para-hydroxylation sites is 1. The van der Waals surface area contributed by atoms with E-state index in [1.807, 2.05) is 52.0 Å². The van der Waals surface area contributed by atoms with E-state index in [0.29, 0.717) is 23.1 Å². The summed E-state index contributed by atoms with van der Waals surface area (Å²) in [4.78, 5) is 26.0. The molecule has 5 heteroatoms. The first-order chi connectivity index (χ1) is 12.7. The first-order valence-corrected chi connectivity index (χ1v) is 8.90. The largest absolute Gasteiger partial charge is 0.506 e. The molecule has 1 heterocycles. The van der Waals surface area contributed by atoms with Crippen LogP contribution in [-0.2, 0) is 6.54 Å². The molecule has 0 fully saturated rings. The van der Waals surface area contributed by atoms with Crippen molar-refractivity contribution in [3.05, 3.63) is 70.0 Å². The molecule has 140 valence electrons. The van der Waals surface area contributed by atoms with Crippen LogP contribution in [0.15, 0.2) is 53.3 Å². The van der Waals surface area contributed by atoms with E-state index in [4.69, 9.17) is 0 Å². The van der Waals surface area contributed by atoms with Crippen molar-refractivity contribution < 1.29 is 9.90 Å². The lowest BCUT2D eigenvalue weighted by Gasteiger charge is -2.22. The number of rotatable bonds is 3. The maximum Gasteiger partial charge on any atom is 0.267 e. The van der Waals surface area contributed by atoms with Crippen LogP contribution in [0.3, 0.4) is 0 Å². The highest BCUT2D eigenvalue weighted by atomic mass is 16.3. The second-order valence-corrected chi connectivity index (χ2v) is 8.02. The third-order valence-electron chi connectivity index (χ3n) is 4.28. The molecule has 0 saturated carbocycles. The Kier molecular flexibility index (Phi) is 4.79. The van der Waals surface area contributed by atoms with Gasteiger partial charge in [-0.3, -0.25) is 9.59 Å². The normalized spacial score (nSPS) is 11.6. The monoisotopic (exact) mass is 364 g/mol. The van der Waals surface area contributed by atoms with Crippen LogP contribution in [0.1, 0.15) is 36.7 Å². The SMILES string of the molecule is Cc1cccc(NC(=O)c2c(O)c3ccccc3n(CC(C)(C)C)c2=O)c1. The van der Waals surface area contributed by atoms with Gasteiger partial charge < -0.3 is 15.0 Å². The molecule has 27 heavy (non-hydrogen) atoms. The topological polar surface area (TPSA) is 71.3 Å². The number of anilines is 1. The Labute approximate surface area is 158 Å². The van der Waals surface area contributed by atoms with Crippen LogP contribution in [0, 0.1) is 12.3 Å². The summed E-state index contributed by atoms with van der Waals surface area (Å²) in [5, 5.41) is 13.9. The van der Waals surface area contributed by atoms with E-state index in [9.17, 15) is 14.7 Å². The van der Waals surface area contributed by atoms with Gasteiger partial charge in [0.25, 0.3) is 11.5 Å². The van der Waals surface area contributed by atoms with Crippen LogP contribution in [0.5, 0.6) is 5.75 Å². The summed E-state index contributed by atoms with van der Waals surface area (Å²) in [6.45, 7) is 8.41. The first-order valence-electron chi connectivity index (χ1n) is 8.90. The number of benzene rings is 2. The van der Waals surface area contributed by atoms with Gasteiger partial charge in [0.15, 0.2) is 0 Å². The third-order valence-corrected chi connectivity index (χ3v) is 4.28. The van der Waals surface area contributed by atoms with E-state index in [0.717, 1.165) is 5.56 Å². The van der Waals surface area contributed by atoms with Gasteiger partial charge in [-0.15, -0.1) is 0 Å². The van der Waals surface area contributed by atoms with Crippen LogP contribution in [0.25, 0.3) is 10.9 Å². The smallest absolute Gasteiger partial charge is 0.267 e. The van der Waals surface area contributed by atoms with Gasteiger partial charge in [0.2, 0.25) is 0 Å². The molecule has 0 aliphatic rings. The van der Waals surface area contributed by atoms with Crippen molar-refractivity contribution in [2.75, 3.05) is 5.32 Å². The number of hydrogen-bond donors (Lipinski definition) is 2. The lowest BCUT2D eigenvalue weighted by molar-refractivity contribution is 0.102. The Morgan fingerprint density at radius 2 is 1.81 bits per heavy atom. The number of amides is 1. The number of aromatic hydroxyl groups is 1. The highest BCUT2D eigenvalue weighted by molar-refractivity contribution is 6.09. The van der Waals surface area contributed by atoms with Crippen molar-refractivity contribution in [1.29, 1.82) is 0 Å². The molecule has 1 amide bonds. The number of fused-ring (bicyclic) bond motifs is 1. The minimum Gasteiger partial charge on any atom is -0.506 e. The number of hydrogen-bond acceptors (Lipinski definition) is 3. The molecule has 2 N–H and O–H groups in total. The van der Waals surface area contributed by atoms with E-state index in [1.54, 1.807) is 28.8 Å². The van der Waals surface area contributed by atoms with Crippen LogP contribution in [0.4, 0.5) is 5.69 Å². The first kappa shape index (κ1) is 18.7. The zero-order valence-corrected chi connectivity index (χ0v) is 16.0. The Morgan fingerprint density at radius 3 is 2.48 bits per heavy atom. The van der Waals surface area contributed by atoms with Gasteiger partial charge in [-0.25, -0.2) is 0 Å². The molecule has 5 nitrogen and oxygen atoms in total. The number of carbonyl (C=O) groups is 1. The van der Waals surface area contributed by atoms with Crippen molar-refractivity contribution in [2.45, 2.75) is 34.2 Å². The molecule has 0 aliphatic carbocycles. The van der Waals surface area contributed by atoms with Gasteiger partial charge in [0, 0.05) is 17.6 Å². The average molecular weight is 364 g/mol. The molecule has 0 unspecified atom stereocenters. The number of nitrogens with zero attached hydrogens (tertiary/aromatic N) is 1. The Hall–Kier alpha value is -3.08. The van der Waals surface area contributed by atoms with Crippen molar-refractivity contribution in [3.63, 3.8) is 0 Å². The third kappa shape index (κ3) is 3.87. The van der Waals surface area contributed by atoms with Crippen LogP contribution >= 0.6 is 0 Å². The highest BCUT2D eigenvalue weighted by Gasteiger charge is 2.24. The molecule has 3 rings (SSSR count). The standard InChI is InChI=1S/C22H24N2O3/c1-14-8-7-9-15(12-14)23-20(26)18-19(25)16-10-5-6-11-17(16)24(21(18)27)13-22(2,3)4/h5-12,25H,13H2,1-4H3,(H,23,26). The van der Waals surface area contributed by atoms with Gasteiger partial charge in [0.1, 0.15) is 11.3 Å². The van der Waals surface area contributed by atoms with E-state index in [1.165, 1.54) is 0 Å². The van der Waals surface area contributed by atoms with Crippen LogP contribution in [-0.4, -0.2) is 15.6 Å². The molecular formula is C22H24N2O3. The molecule has 0 radical (unpaired) electrons. The number of pyridine rings is 1. The van der Waals surface area contributed by atoms with Gasteiger partial charge >= 0.3 is 0 Å². The zero-order chi connectivity index (χ0) is 19.8. The zero-order valence-electron chi connectivity index (χ0n) is 16.0. The van der Waals surface area contributed by atoms with Gasteiger partial charge in [0.05, 0.1) is 5.52 Å². The average Bonchev–Trinajstić information content (AvgIpc) is 2.58. The van der Waals surface area contributed by atoms with Crippen molar-refractivity contribution in [1.82, 2.24) is 4.57 Å². The predicted octanol–water partition coefficient (Wildman–Crippen LogP) is 4.31. The van der Waals surface area contributed by atoms with Crippen LogP contribution in [0.2, 0.25) is 0 Å². The number of aryl methyl sites for hydroxylation is 1. The van der Waals surface area contributed by atoms with Crippen molar-refractivity contribution in [2.24, 2.45) is 5.41 Å². The predicted molar refractivity (Wildman–Crippen MR) is 108 cm³/mol. The van der Waals surface area contributed by atoms with E-state index < -0.39 is 11.5 Å². The molecular weight excluding hydrogens is 340 g/mol. The van der Waals surface area contributed by atoms with E-state index >= 15 is 0 Å². The lowest BCUT2D eigenvalue weighted by atomic mass is 9.96. The van der Waals surface area contributed by atoms with E-state index in [2.05, 4.69) is 5.32 Å². The lowest BCUT2D eigenvalue weighted by Crippen LogP contribution is -2.33. The van der Waals surface area contributed by atoms with Gasteiger partial charge in [-0.05, 0) is 42.2 Å². The van der Waals surface area contributed by atoms with Gasteiger partial charge in [-0.1, -0.05) is 45.0 Å². The molecule has 1 aromatic heterocycles. The number of carbonyl (C=O) groups excluding carboxylic acids is 1. The minimum atomic E-state index is -0.614. The molecule has 0 aliphatic heterocycles. The van der Waals surface area contributed by atoms with Crippen LogP contribution < -0.4 is 10.9 Å². The molecule has 0 saturated heterocycles. The Balaban J connectivity index is 2.17. The summed E-state index contributed by atoms with van der Waals surface area (Å²) in [6.07, 6.45) is 0. The summed E-state index contributed by atoms with van der Waals surface area (Å²) in [7, 11) is 0. The maximum absolute atomic E-state index is 13.1. The maximum atomic E-state index is 13.1. The summed E-state index contributed by atoms with van der Waals surface area (Å²) in [5.74, 6) is -0.901. The van der Waals surface area contributed by atoms with Crippen molar-refractivity contribution in [3.8, 4) is 5.75 Å². The highest BCUT2D eigenvalue weighted by Crippen LogP contribution is 2.28. The fraction of sp³-hybridized carbons (Fsp3) is 0.273. The Bertz CT molecular complexity index is 1080. The molecule has 2 aromatic carbocycles. The minimum absolute atomic E-state index is 0.173. The summed E-state index contributed by atoms with van der Waals surface area (Å²) in [6, 6.07) is 14.4. The summed E-state index contributed by atoms with van der Waals surface area (Å²) < 4.78 is 1.57. The molecule has 0 spiro atoms. The fourth-order valence-corrected chi connectivity index (χ4v) is 3.14. The number of aromatic nitrogens is 1. The second-order valence-electron chi connectivity index (χ2n) is 8.02. The second kappa shape index (κ2) is 6.91.